The molecule has 306 valence electrons. The van der Waals surface area contributed by atoms with Crippen LogP contribution in [0.1, 0.15) is 38.9 Å². The Balaban J connectivity index is 1.27. The first-order valence-corrected chi connectivity index (χ1v) is 22.1. The predicted molar refractivity (Wildman–Crippen MR) is 258 cm³/mol. The van der Waals surface area contributed by atoms with Gasteiger partial charge in [-0.15, -0.1) is 10.2 Å². The van der Waals surface area contributed by atoms with Crippen molar-refractivity contribution >= 4 is 112 Å². The average Bonchev–Trinajstić information content (AvgIpc) is 3.95. The van der Waals surface area contributed by atoms with E-state index < -0.39 is 0 Å². The van der Waals surface area contributed by atoms with Crippen LogP contribution in [0.4, 0.5) is 45.3 Å². The van der Waals surface area contributed by atoms with E-state index in [2.05, 4.69) is 80.9 Å². The number of nitrogens with zero attached hydrogens (tertiary/aromatic N) is 9. The molecule has 14 heteroatoms. The van der Waals surface area contributed by atoms with E-state index in [0.717, 1.165) is 75.9 Å². The van der Waals surface area contributed by atoms with Crippen LogP contribution < -0.4 is 10.2 Å². The second-order valence-electron chi connectivity index (χ2n) is 15.3. The smallest absolute Gasteiger partial charge is 0.260 e. The zero-order valence-electron chi connectivity index (χ0n) is 34.8. The van der Waals surface area contributed by atoms with Crippen LogP contribution in [0, 0.1) is 55.0 Å². The molecule has 0 unspecified atom stereocenters. The first-order chi connectivity index (χ1) is 29.8. The van der Waals surface area contributed by atoms with E-state index in [9.17, 15) is 0 Å². The number of halogens is 2. The van der Waals surface area contributed by atoms with Gasteiger partial charge in [-0.25, -0.2) is 19.8 Å². The van der Waals surface area contributed by atoms with Crippen molar-refractivity contribution in [3.8, 4) is 16.4 Å². The molecule has 62 heavy (non-hydrogen) atoms. The van der Waals surface area contributed by atoms with Crippen LogP contribution in [0.25, 0.3) is 41.7 Å². The van der Waals surface area contributed by atoms with Gasteiger partial charge in [0.25, 0.3) is 5.69 Å². The SMILES string of the molecule is [C-]#[N+]c1c(-c2ccccc2)nn(-c2nc3cc(Cl)ccc3s2)c1N=Nc1c(C)cc(N(c2nc3cc(Cl)ccc3s2)c2c(C)cc(C)cc2C)nc1Nc1c(C)cc(C)cc1C. The molecule has 0 aliphatic carbocycles. The Morgan fingerprint density at radius 3 is 1.94 bits per heavy atom. The highest BCUT2D eigenvalue weighted by molar-refractivity contribution is 7.22. The van der Waals surface area contributed by atoms with E-state index in [1.54, 1.807) is 16.0 Å². The molecule has 0 saturated heterocycles. The van der Waals surface area contributed by atoms with Gasteiger partial charge in [-0.1, -0.05) is 112 Å². The van der Waals surface area contributed by atoms with Gasteiger partial charge in [0, 0.05) is 15.7 Å². The lowest BCUT2D eigenvalue weighted by Crippen LogP contribution is -2.15. The monoisotopic (exact) mass is 888 g/mol. The number of benzene rings is 5. The number of nitrogens with one attached hydrogen (secondary N) is 1. The van der Waals surface area contributed by atoms with Crippen LogP contribution >= 0.6 is 45.9 Å². The van der Waals surface area contributed by atoms with Gasteiger partial charge in [0.15, 0.2) is 16.8 Å². The lowest BCUT2D eigenvalue weighted by Gasteiger charge is -2.27. The van der Waals surface area contributed by atoms with Crippen LogP contribution in [0.15, 0.2) is 107 Å². The maximum atomic E-state index is 8.40. The fraction of sp³-hybridized carbons (Fsp3) is 0.146. The van der Waals surface area contributed by atoms with Crippen molar-refractivity contribution in [1.82, 2.24) is 24.7 Å². The minimum absolute atomic E-state index is 0.238. The number of aryl methyl sites for hydroxylation is 7. The fourth-order valence-corrected chi connectivity index (χ4v) is 10.1. The maximum Gasteiger partial charge on any atom is 0.260 e. The van der Waals surface area contributed by atoms with Gasteiger partial charge < -0.3 is 5.32 Å². The second-order valence-corrected chi connectivity index (χ2v) is 18.2. The molecule has 0 atom stereocenters. The van der Waals surface area contributed by atoms with Gasteiger partial charge in [-0.05, 0) is 124 Å². The van der Waals surface area contributed by atoms with Gasteiger partial charge in [0.1, 0.15) is 17.2 Å². The molecular weight excluding hydrogens is 852 g/mol. The second kappa shape index (κ2) is 16.4. The number of aromatic nitrogens is 5. The molecule has 4 heterocycles. The minimum atomic E-state index is 0.238. The van der Waals surface area contributed by atoms with Crippen LogP contribution in [0.3, 0.4) is 0 Å². The minimum Gasteiger partial charge on any atom is -0.338 e. The molecule has 9 aromatic rings. The quantitative estimate of drug-likeness (QED) is 0.114. The van der Waals surface area contributed by atoms with E-state index in [0.29, 0.717) is 43.7 Å². The number of rotatable bonds is 9. The first-order valence-electron chi connectivity index (χ1n) is 19.7. The summed E-state index contributed by atoms with van der Waals surface area (Å²) in [6, 6.07) is 31.6. The summed E-state index contributed by atoms with van der Waals surface area (Å²) in [6.07, 6.45) is 0. The zero-order chi connectivity index (χ0) is 43.4. The summed E-state index contributed by atoms with van der Waals surface area (Å²) in [5, 5.41) is 20.9. The van der Waals surface area contributed by atoms with E-state index in [1.807, 2.05) is 79.7 Å². The number of azo groups is 1. The highest BCUT2D eigenvalue weighted by Crippen LogP contribution is 2.47. The molecule has 0 aliphatic rings. The molecule has 0 spiro atoms. The standard InChI is InChI=1S/C48H38Cl2N10S2/c1-25-18-27(3)40(28(4)19-25)55-45-41(29(5)22-39(54-45)59(44-30(6)20-26(2)21-31(44)7)47-52-35-23-33(49)14-16-37(35)61-47)56-57-46-43(51-8)42(32-12-10-9-11-13-32)58-60(46)48-53-36-24-34(50)15-17-38(36)62-48/h9-24H,1-7H3,(H,54,55). The van der Waals surface area contributed by atoms with E-state index in [4.69, 9.17) is 60.1 Å². The van der Waals surface area contributed by atoms with Crippen LogP contribution in [-0.4, -0.2) is 24.7 Å². The summed E-state index contributed by atoms with van der Waals surface area (Å²) in [5.74, 6) is 1.35. The van der Waals surface area contributed by atoms with Crippen molar-refractivity contribution in [2.75, 3.05) is 10.2 Å². The van der Waals surface area contributed by atoms with E-state index >= 15 is 0 Å². The number of hydrogen-bond donors (Lipinski definition) is 1. The van der Waals surface area contributed by atoms with Crippen LogP contribution in [-0.2, 0) is 0 Å². The Morgan fingerprint density at radius 2 is 1.29 bits per heavy atom. The number of hydrogen-bond acceptors (Lipinski definition) is 10. The highest BCUT2D eigenvalue weighted by atomic mass is 35.5. The molecule has 0 amide bonds. The van der Waals surface area contributed by atoms with Crippen molar-refractivity contribution in [2.45, 2.75) is 48.5 Å². The summed E-state index contributed by atoms with van der Waals surface area (Å²) in [4.78, 5) is 21.5. The average molecular weight is 890 g/mol. The molecule has 0 radical (unpaired) electrons. The number of pyridine rings is 1. The van der Waals surface area contributed by atoms with Crippen molar-refractivity contribution in [3.63, 3.8) is 0 Å². The summed E-state index contributed by atoms with van der Waals surface area (Å²) < 4.78 is 3.51. The summed E-state index contributed by atoms with van der Waals surface area (Å²) >= 11 is 15.8. The fourth-order valence-electron chi connectivity index (χ4n) is 7.88. The van der Waals surface area contributed by atoms with Gasteiger partial charge in [0.05, 0.1) is 32.7 Å². The lowest BCUT2D eigenvalue weighted by atomic mass is 10.0. The van der Waals surface area contributed by atoms with Gasteiger partial charge >= 0.3 is 0 Å². The van der Waals surface area contributed by atoms with E-state index in [-0.39, 0.29) is 11.5 Å². The Labute approximate surface area is 377 Å². The Hall–Kier alpha value is -6.49. The number of thiazole rings is 2. The Morgan fingerprint density at radius 1 is 0.677 bits per heavy atom. The molecule has 1 N–H and O–H groups in total. The predicted octanol–water partition coefficient (Wildman–Crippen LogP) is 15.8. The van der Waals surface area contributed by atoms with E-state index in [1.165, 1.54) is 11.3 Å². The molecule has 0 aliphatic heterocycles. The van der Waals surface area contributed by atoms with Crippen molar-refractivity contribution in [3.05, 3.63) is 157 Å². The third-order valence-electron chi connectivity index (χ3n) is 10.5. The molecule has 0 bridgehead atoms. The summed E-state index contributed by atoms with van der Waals surface area (Å²) in [6.45, 7) is 23.0. The normalized spacial score (nSPS) is 11.5. The molecule has 5 aromatic carbocycles. The van der Waals surface area contributed by atoms with Crippen molar-refractivity contribution < 1.29 is 0 Å². The largest absolute Gasteiger partial charge is 0.338 e. The third-order valence-corrected chi connectivity index (χ3v) is 13.0. The maximum absolute atomic E-state index is 8.40. The van der Waals surface area contributed by atoms with Gasteiger partial charge in [-0.3, -0.25) is 4.90 Å². The molecular formula is C48H38Cl2N10S2. The summed E-state index contributed by atoms with van der Waals surface area (Å²) in [7, 11) is 0. The molecule has 4 aromatic heterocycles. The Kier molecular flexibility index (Phi) is 10.8. The zero-order valence-corrected chi connectivity index (χ0v) is 38.0. The van der Waals surface area contributed by atoms with Gasteiger partial charge in [0.2, 0.25) is 5.13 Å². The first kappa shape index (κ1) is 40.9. The van der Waals surface area contributed by atoms with Crippen LogP contribution in [0.5, 0.6) is 0 Å². The van der Waals surface area contributed by atoms with Gasteiger partial charge in [-0.2, -0.15) is 9.78 Å². The molecule has 0 fully saturated rings. The molecule has 9 rings (SSSR count). The molecule has 0 saturated carbocycles. The van der Waals surface area contributed by atoms with Crippen LogP contribution in [0.2, 0.25) is 10.0 Å². The Bertz CT molecular complexity index is 3260. The van der Waals surface area contributed by atoms with Crippen molar-refractivity contribution in [2.24, 2.45) is 10.2 Å². The lowest BCUT2D eigenvalue weighted by molar-refractivity contribution is 0.866. The summed E-state index contributed by atoms with van der Waals surface area (Å²) in [5.41, 5.74) is 12.7. The topological polar surface area (TPSA) is 101 Å². The number of anilines is 5. The highest BCUT2D eigenvalue weighted by Gasteiger charge is 2.27. The number of fused-ring (bicyclic) bond motifs is 2. The third kappa shape index (κ3) is 7.69. The van der Waals surface area contributed by atoms with Crippen molar-refractivity contribution in [1.29, 1.82) is 0 Å². The molecule has 10 nitrogen and oxygen atoms in total.